The molecule has 136 valence electrons. The summed E-state index contributed by atoms with van der Waals surface area (Å²) >= 11 is 1.46. The molecule has 3 aromatic rings. The Hall–Kier alpha value is -2.02. The molecule has 0 fully saturated rings. The number of pyridine rings is 2. The van der Waals surface area contributed by atoms with Gasteiger partial charge in [0, 0.05) is 27.7 Å². The number of ether oxygens (including phenoxy) is 1. The van der Waals surface area contributed by atoms with Crippen LogP contribution in [0.15, 0.2) is 29.2 Å². The first-order valence-electron chi connectivity index (χ1n) is 8.63. The summed E-state index contributed by atoms with van der Waals surface area (Å²) in [5.41, 5.74) is 1.56. The minimum Gasteiger partial charge on any atom is -0.381 e. The predicted octanol–water partition coefficient (Wildman–Crippen LogP) is 3.72. The number of nitrogens with zero attached hydrogens (tertiary/aromatic N) is 1. The molecule has 4 rings (SSSR count). The fourth-order valence-electron chi connectivity index (χ4n) is 3.47. The molecular weight excluding hydrogens is 348 g/mol. The van der Waals surface area contributed by atoms with Crippen molar-refractivity contribution < 1.29 is 9.84 Å². The number of thiophene rings is 1. The van der Waals surface area contributed by atoms with Crippen LogP contribution in [0.3, 0.4) is 0 Å². The zero-order chi connectivity index (χ0) is 18.7. The number of H-pyrrole nitrogens is 1. The summed E-state index contributed by atoms with van der Waals surface area (Å²) in [6.07, 6.45) is 1.77. The molecule has 0 amide bonds. The largest absolute Gasteiger partial charge is 0.381 e. The number of aromatic amines is 1. The predicted molar refractivity (Wildman–Crippen MR) is 103 cm³/mol. The molecule has 2 N–H and O–H groups in total. The monoisotopic (exact) mass is 370 g/mol. The van der Waals surface area contributed by atoms with E-state index in [1.165, 1.54) is 11.3 Å². The normalized spacial score (nSPS) is 20.3. The molecule has 1 atom stereocenters. The van der Waals surface area contributed by atoms with Crippen molar-refractivity contribution in [2.45, 2.75) is 39.9 Å². The third-order valence-electron chi connectivity index (χ3n) is 5.20. The van der Waals surface area contributed by atoms with E-state index in [1.54, 1.807) is 6.20 Å². The lowest BCUT2D eigenvalue weighted by atomic mass is 9.72. The van der Waals surface area contributed by atoms with Gasteiger partial charge in [-0.1, -0.05) is 20.8 Å². The second-order valence-electron chi connectivity index (χ2n) is 7.95. The summed E-state index contributed by atoms with van der Waals surface area (Å²) in [5, 5.41) is 12.2. The minimum atomic E-state index is -1.23. The molecule has 0 spiro atoms. The van der Waals surface area contributed by atoms with Gasteiger partial charge in [0.15, 0.2) is 0 Å². The molecule has 0 bridgehead atoms. The van der Waals surface area contributed by atoms with Gasteiger partial charge in [0.2, 0.25) is 0 Å². The lowest BCUT2D eigenvalue weighted by Gasteiger charge is -2.43. The second kappa shape index (κ2) is 5.74. The van der Waals surface area contributed by atoms with Crippen LogP contribution in [-0.4, -0.2) is 21.7 Å². The highest BCUT2D eigenvalue weighted by atomic mass is 32.1. The SMILES string of the molecule is Cc1cc(-c2cc3c4c([nH]c(=O)c3s2)C(O)(C(C)(C)C)COC4)ccn1. The lowest BCUT2D eigenvalue weighted by Crippen LogP contribution is -2.48. The molecule has 1 aliphatic rings. The molecule has 5 nitrogen and oxygen atoms in total. The Morgan fingerprint density at radius 2 is 2.12 bits per heavy atom. The van der Waals surface area contributed by atoms with E-state index in [-0.39, 0.29) is 12.2 Å². The van der Waals surface area contributed by atoms with Gasteiger partial charge in [-0.3, -0.25) is 9.78 Å². The van der Waals surface area contributed by atoms with Crippen LogP contribution in [0.4, 0.5) is 0 Å². The molecule has 0 aliphatic carbocycles. The molecular formula is C20H22N2O3S. The third kappa shape index (κ3) is 2.52. The summed E-state index contributed by atoms with van der Waals surface area (Å²) in [6, 6.07) is 5.98. The molecule has 0 saturated heterocycles. The van der Waals surface area contributed by atoms with Crippen LogP contribution >= 0.6 is 11.3 Å². The van der Waals surface area contributed by atoms with E-state index in [9.17, 15) is 9.90 Å². The minimum absolute atomic E-state index is 0.162. The van der Waals surface area contributed by atoms with E-state index in [4.69, 9.17) is 4.74 Å². The Balaban J connectivity index is 1.98. The summed E-state index contributed by atoms with van der Waals surface area (Å²) in [4.78, 5) is 21.0. The Kier molecular flexibility index (Phi) is 3.84. The molecule has 4 heterocycles. The third-order valence-corrected chi connectivity index (χ3v) is 6.38. The molecule has 26 heavy (non-hydrogen) atoms. The first-order valence-corrected chi connectivity index (χ1v) is 9.45. The zero-order valence-electron chi connectivity index (χ0n) is 15.3. The molecule has 0 radical (unpaired) electrons. The van der Waals surface area contributed by atoms with E-state index in [2.05, 4.69) is 9.97 Å². The quantitative estimate of drug-likeness (QED) is 0.684. The lowest BCUT2D eigenvalue weighted by molar-refractivity contribution is -0.139. The number of rotatable bonds is 1. The summed E-state index contributed by atoms with van der Waals surface area (Å²) < 4.78 is 6.40. The summed E-state index contributed by atoms with van der Waals surface area (Å²) in [5.74, 6) is 0. The number of hydrogen-bond acceptors (Lipinski definition) is 5. The highest BCUT2D eigenvalue weighted by Gasteiger charge is 2.47. The maximum absolute atomic E-state index is 12.8. The van der Waals surface area contributed by atoms with Crippen molar-refractivity contribution in [3.8, 4) is 10.4 Å². The van der Waals surface area contributed by atoms with E-state index in [0.29, 0.717) is 17.0 Å². The number of fused-ring (bicyclic) bond motifs is 3. The topological polar surface area (TPSA) is 75.2 Å². The molecule has 1 unspecified atom stereocenters. The maximum Gasteiger partial charge on any atom is 0.266 e. The van der Waals surface area contributed by atoms with Gasteiger partial charge >= 0.3 is 0 Å². The van der Waals surface area contributed by atoms with E-state index < -0.39 is 11.0 Å². The number of nitrogens with one attached hydrogen (secondary N) is 1. The van der Waals surface area contributed by atoms with E-state index >= 15 is 0 Å². The van der Waals surface area contributed by atoms with Gasteiger partial charge in [0.25, 0.3) is 5.56 Å². The highest BCUT2D eigenvalue weighted by Crippen LogP contribution is 2.45. The van der Waals surface area contributed by atoms with Gasteiger partial charge in [-0.15, -0.1) is 11.3 Å². The van der Waals surface area contributed by atoms with Crippen molar-refractivity contribution in [2.24, 2.45) is 5.41 Å². The maximum atomic E-state index is 12.8. The fourth-order valence-corrected chi connectivity index (χ4v) is 4.55. The van der Waals surface area contributed by atoms with Crippen molar-refractivity contribution in [3.63, 3.8) is 0 Å². The number of aryl methyl sites for hydroxylation is 1. The Bertz CT molecular complexity index is 1060. The first kappa shape index (κ1) is 17.4. The molecule has 0 saturated carbocycles. The van der Waals surface area contributed by atoms with Gasteiger partial charge < -0.3 is 14.8 Å². The summed E-state index contributed by atoms with van der Waals surface area (Å²) in [7, 11) is 0. The van der Waals surface area contributed by atoms with Crippen LogP contribution in [-0.2, 0) is 16.9 Å². The van der Waals surface area contributed by atoms with Crippen LogP contribution in [0.1, 0.15) is 37.7 Å². The number of aliphatic hydroxyl groups is 1. The van der Waals surface area contributed by atoms with Crippen molar-refractivity contribution in [3.05, 3.63) is 51.7 Å². The average molecular weight is 370 g/mol. The zero-order valence-corrected chi connectivity index (χ0v) is 16.2. The van der Waals surface area contributed by atoms with Gasteiger partial charge in [-0.05, 0) is 36.1 Å². The van der Waals surface area contributed by atoms with Crippen molar-refractivity contribution in [1.82, 2.24) is 9.97 Å². The Morgan fingerprint density at radius 1 is 1.35 bits per heavy atom. The van der Waals surface area contributed by atoms with Crippen LogP contribution in [0.25, 0.3) is 20.5 Å². The Labute approximate surface area is 155 Å². The van der Waals surface area contributed by atoms with Gasteiger partial charge in [0.05, 0.1) is 18.9 Å². The van der Waals surface area contributed by atoms with E-state index in [0.717, 1.165) is 27.1 Å². The smallest absolute Gasteiger partial charge is 0.266 e. The first-order chi connectivity index (χ1) is 12.2. The Morgan fingerprint density at radius 3 is 2.81 bits per heavy atom. The van der Waals surface area contributed by atoms with Crippen LogP contribution < -0.4 is 5.56 Å². The van der Waals surface area contributed by atoms with Gasteiger partial charge in [-0.25, -0.2) is 0 Å². The van der Waals surface area contributed by atoms with Crippen molar-refractivity contribution in [1.29, 1.82) is 0 Å². The van der Waals surface area contributed by atoms with Gasteiger partial charge in [0.1, 0.15) is 10.3 Å². The summed E-state index contributed by atoms with van der Waals surface area (Å²) in [6.45, 7) is 8.35. The molecule has 1 aliphatic heterocycles. The van der Waals surface area contributed by atoms with E-state index in [1.807, 2.05) is 45.9 Å². The van der Waals surface area contributed by atoms with Gasteiger partial charge in [-0.2, -0.15) is 0 Å². The number of aromatic nitrogens is 2. The van der Waals surface area contributed by atoms with Crippen molar-refractivity contribution in [2.75, 3.05) is 6.61 Å². The second-order valence-corrected chi connectivity index (χ2v) is 9.00. The van der Waals surface area contributed by atoms with Crippen LogP contribution in [0.2, 0.25) is 0 Å². The molecule has 3 aromatic heterocycles. The standard InChI is InChI=1S/C20H22N2O3S/c1-11-7-12(5-6-21-11)15-8-13-14-9-25-10-20(24,19(2,3)4)17(14)22-18(23)16(13)26-15/h5-8,24H,9-10H2,1-4H3,(H,22,23). The van der Waals surface area contributed by atoms with Crippen LogP contribution in [0.5, 0.6) is 0 Å². The van der Waals surface area contributed by atoms with Crippen LogP contribution in [0, 0.1) is 12.3 Å². The highest BCUT2D eigenvalue weighted by molar-refractivity contribution is 7.22. The molecule has 6 heteroatoms. The fraction of sp³-hybridized carbons (Fsp3) is 0.400. The molecule has 0 aromatic carbocycles. The average Bonchev–Trinajstić information content (AvgIpc) is 3.01. The van der Waals surface area contributed by atoms with Crippen molar-refractivity contribution >= 4 is 21.4 Å². The number of hydrogen-bond donors (Lipinski definition) is 2.